The van der Waals surface area contributed by atoms with E-state index in [1.165, 1.54) is 96.3 Å². The van der Waals surface area contributed by atoms with E-state index in [1.807, 2.05) is 5.32 Å². The van der Waals surface area contributed by atoms with Crippen LogP contribution in [-0.2, 0) is 14.9 Å². The van der Waals surface area contributed by atoms with Gasteiger partial charge in [0, 0.05) is 25.8 Å². The first kappa shape index (κ1) is 34.8. The largest absolute Gasteiger partial charge is 1.00 e. The van der Waals surface area contributed by atoms with Crippen molar-refractivity contribution >= 4 is 16.0 Å². The third kappa shape index (κ3) is 31.6. The maximum absolute atomic E-state index is 11.8. The summed E-state index contributed by atoms with van der Waals surface area (Å²) in [7, 11) is -3.85. The van der Waals surface area contributed by atoms with Gasteiger partial charge in [-0.1, -0.05) is 103 Å². The zero-order valence-corrected chi connectivity index (χ0v) is 22.9. The molecule has 4 N–H and O–H groups in total. The Hall–Kier alpha value is -0.370. The lowest BCUT2D eigenvalue weighted by Crippen LogP contribution is -3.00. The highest BCUT2D eigenvalue weighted by Crippen LogP contribution is 2.13. The summed E-state index contributed by atoms with van der Waals surface area (Å²) in [5.41, 5.74) is 0. The van der Waals surface area contributed by atoms with Crippen LogP contribution in [0.25, 0.3) is 0 Å². The molecule has 0 unspecified atom stereocenters. The molecule has 6 nitrogen and oxygen atoms in total. The van der Waals surface area contributed by atoms with Gasteiger partial charge in [0.2, 0.25) is 5.91 Å². The lowest BCUT2D eigenvalue weighted by atomic mass is 10.0. The number of rotatable bonds is 25. The fraction of sp³-hybridized carbons (Fsp3) is 0.960. The molecule has 0 aliphatic rings. The van der Waals surface area contributed by atoms with Crippen molar-refractivity contribution in [2.75, 3.05) is 25.4 Å². The van der Waals surface area contributed by atoms with E-state index in [1.54, 1.807) is 0 Å². The number of nitrogens with one attached hydrogen (secondary N) is 1. The number of quaternary nitrogens is 1. The molecular weight excluding hydrogens is 460 g/mol. The summed E-state index contributed by atoms with van der Waals surface area (Å²) in [6, 6.07) is 0. The van der Waals surface area contributed by atoms with E-state index in [0.717, 1.165) is 25.9 Å². The number of hydrogen-bond donors (Lipinski definition) is 3. The van der Waals surface area contributed by atoms with Gasteiger partial charge in [-0.2, -0.15) is 8.42 Å². The third-order valence-corrected chi connectivity index (χ3v) is 6.78. The van der Waals surface area contributed by atoms with Gasteiger partial charge >= 0.3 is 0 Å². The molecule has 0 bridgehead atoms. The van der Waals surface area contributed by atoms with E-state index in [9.17, 15) is 13.2 Å². The van der Waals surface area contributed by atoms with Crippen LogP contribution in [0.5, 0.6) is 0 Å². The number of hydrogen-bond acceptors (Lipinski definition) is 3. The second-order valence-corrected chi connectivity index (χ2v) is 10.8. The van der Waals surface area contributed by atoms with E-state index >= 15 is 0 Å². The molecule has 0 saturated heterocycles. The van der Waals surface area contributed by atoms with Crippen LogP contribution in [0.3, 0.4) is 0 Å². The molecule has 0 aliphatic carbocycles. The number of unbranched alkanes of at least 4 members (excludes halogenated alkanes) is 15. The highest BCUT2D eigenvalue weighted by Gasteiger charge is 2.05. The second-order valence-electron chi connectivity index (χ2n) is 9.26. The zero-order valence-electron chi connectivity index (χ0n) is 21.3. The van der Waals surface area contributed by atoms with E-state index in [-0.39, 0.29) is 24.1 Å². The smallest absolute Gasteiger partial charge is 0.265 e. The maximum atomic E-state index is 11.8. The molecule has 33 heavy (non-hydrogen) atoms. The van der Waals surface area contributed by atoms with Crippen LogP contribution < -0.4 is 23.0 Å². The Kier molecular flexibility index (Phi) is 27.7. The van der Waals surface area contributed by atoms with E-state index < -0.39 is 10.1 Å². The topological polar surface area (TPSA) is 100 Å². The SMILES string of the molecule is CCCCCCCCCCCCCCCCCCNC(=O)CCC[NH2+]CCCS(=O)(=O)O.[Cl-]. The first-order chi connectivity index (χ1) is 15.5. The Balaban J connectivity index is 0. The lowest BCUT2D eigenvalue weighted by molar-refractivity contribution is -0.654. The van der Waals surface area contributed by atoms with Crippen LogP contribution in [0.4, 0.5) is 0 Å². The van der Waals surface area contributed by atoms with Crippen molar-refractivity contribution in [1.82, 2.24) is 5.32 Å². The van der Waals surface area contributed by atoms with Gasteiger partial charge < -0.3 is 23.0 Å². The molecule has 1 amide bonds. The summed E-state index contributed by atoms with van der Waals surface area (Å²) >= 11 is 0. The van der Waals surface area contributed by atoms with Gasteiger partial charge in [0.15, 0.2) is 0 Å². The maximum Gasteiger partial charge on any atom is 0.265 e. The molecule has 0 aromatic rings. The molecule has 0 radical (unpaired) electrons. The summed E-state index contributed by atoms with van der Waals surface area (Å²) < 4.78 is 29.8. The Morgan fingerprint density at radius 1 is 0.697 bits per heavy atom. The predicted molar refractivity (Wildman–Crippen MR) is 134 cm³/mol. The summed E-state index contributed by atoms with van der Waals surface area (Å²) in [5.74, 6) is -0.0826. The minimum atomic E-state index is -3.85. The highest BCUT2D eigenvalue weighted by molar-refractivity contribution is 7.85. The van der Waals surface area contributed by atoms with Gasteiger partial charge in [-0.05, 0) is 6.42 Å². The third-order valence-electron chi connectivity index (χ3n) is 5.98. The first-order valence-electron chi connectivity index (χ1n) is 13.5. The normalized spacial score (nSPS) is 11.3. The van der Waals surface area contributed by atoms with Crippen LogP contribution in [0.1, 0.15) is 129 Å². The number of nitrogens with two attached hydrogens (primary N) is 1. The standard InChI is InChI=1S/C25H52N2O4S.ClH/c1-2-3-4-5-6-7-8-9-10-11-12-13-14-15-16-17-23-27-25(28)20-18-21-26-22-19-24-32(29,30)31;/h26H,2-24H2,1H3,(H,27,28)(H,29,30,31);1H. The zero-order chi connectivity index (χ0) is 23.8. The highest BCUT2D eigenvalue weighted by atomic mass is 35.5. The Morgan fingerprint density at radius 3 is 1.58 bits per heavy atom. The molecule has 0 heterocycles. The fourth-order valence-electron chi connectivity index (χ4n) is 3.95. The van der Waals surface area contributed by atoms with Crippen molar-refractivity contribution in [3.63, 3.8) is 0 Å². The van der Waals surface area contributed by atoms with Crippen LogP contribution in [0, 0.1) is 0 Å². The van der Waals surface area contributed by atoms with Crippen LogP contribution in [0.2, 0.25) is 0 Å². The quantitative estimate of drug-likeness (QED) is 0.129. The minimum Gasteiger partial charge on any atom is -1.00 e. The van der Waals surface area contributed by atoms with Crippen molar-refractivity contribution < 1.29 is 35.5 Å². The number of carbonyl (C=O) groups excluding carboxylic acids is 1. The van der Waals surface area contributed by atoms with E-state index in [0.29, 0.717) is 19.4 Å². The molecule has 0 aromatic carbocycles. The average Bonchev–Trinajstić information content (AvgIpc) is 2.74. The van der Waals surface area contributed by atoms with E-state index in [2.05, 4.69) is 12.2 Å². The van der Waals surface area contributed by atoms with Crippen LogP contribution >= 0.6 is 0 Å². The van der Waals surface area contributed by atoms with Gasteiger partial charge in [-0.25, -0.2) is 0 Å². The van der Waals surface area contributed by atoms with Crippen molar-refractivity contribution in [3.05, 3.63) is 0 Å². The lowest BCUT2D eigenvalue weighted by Gasteiger charge is -2.06. The van der Waals surface area contributed by atoms with Crippen molar-refractivity contribution in [2.24, 2.45) is 0 Å². The number of carbonyl (C=O) groups is 1. The first-order valence-corrected chi connectivity index (χ1v) is 15.1. The Bertz CT molecular complexity index is 519. The van der Waals surface area contributed by atoms with Gasteiger partial charge in [0.05, 0.1) is 18.8 Å². The monoisotopic (exact) mass is 512 g/mol. The molecular formula is C25H53ClN2O4S. The fourth-order valence-corrected chi connectivity index (χ4v) is 4.48. The molecule has 0 rings (SSSR count). The summed E-state index contributed by atoms with van der Waals surface area (Å²) in [6.07, 6.45) is 23.4. The van der Waals surface area contributed by atoms with E-state index in [4.69, 9.17) is 4.55 Å². The van der Waals surface area contributed by atoms with Gasteiger partial charge in [-0.15, -0.1) is 0 Å². The Morgan fingerprint density at radius 2 is 1.12 bits per heavy atom. The molecule has 0 atom stereocenters. The number of halogens is 1. The molecule has 0 fully saturated rings. The summed E-state index contributed by atoms with van der Waals surface area (Å²) in [4.78, 5) is 11.8. The van der Waals surface area contributed by atoms with Gasteiger partial charge in [-0.3, -0.25) is 9.35 Å². The number of amides is 1. The van der Waals surface area contributed by atoms with Crippen LogP contribution in [0.15, 0.2) is 0 Å². The van der Waals surface area contributed by atoms with Gasteiger partial charge in [0.25, 0.3) is 10.1 Å². The average molecular weight is 513 g/mol. The predicted octanol–water partition coefficient (Wildman–Crippen LogP) is 1.99. The molecule has 0 aromatic heterocycles. The molecule has 200 valence electrons. The summed E-state index contributed by atoms with van der Waals surface area (Å²) in [5, 5.41) is 4.98. The molecule has 8 heteroatoms. The molecule has 0 aliphatic heterocycles. The Labute approximate surface area is 211 Å². The van der Waals surface area contributed by atoms with Crippen molar-refractivity contribution in [2.45, 2.75) is 129 Å². The molecule has 0 saturated carbocycles. The van der Waals surface area contributed by atoms with Crippen LogP contribution in [-0.4, -0.2) is 44.3 Å². The van der Waals surface area contributed by atoms with Crippen molar-refractivity contribution in [1.29, 1.82) is 0 Å². The second kappa shape index (κ2) is 26.2. The minimum absolute atomic E-state index is 0. The summed E-state index contributed by atoms with van der Waals surface area (Å²) in [6.45, 7) is 4.50. The van der Waals surface area contributed by atoms with Gasteiger partial charge in [0.1, 0.15) is 0 Å². The molecule has 0 spiro atoms. The van der Waals surface area contributed by atoms with Crippen molar-refractivity contribution in [3.8, 4) is 0 Å².